The average Bonchev–Trinajstić information content (AvgIpc) is 2.96. The first kappa shape index (κ1) is 17.4. The normalized spacial score (nSPS) is 12.8. The Morgan fingerprint density at radius 2 is 2.04 bits per heavy atom. The Kier molecular flexibility index (Phi) is 5.35. The number of nitrogens with zero attached hydrogens (tertiary/aromatic N) is 2. The van der Waals surface area contributed by atoms with E-state index in [9.17, 15) is 12.8 Å². The lowest BCUT2D eigenvalue weighted by atomic mass is 10.1. The van der Waals surface area contributed by atoms with Crippen LogP contribution in [0.4, 0.5) is 4.39 Å². The van der Waals surface area contributed by atoms with Gasteiger partial charge in [0.2, 0.25) is 10.0 Å². The molecule has 0 aliphatic rings. The van der Waals surface area contributed by atoms with E-state index in [0.29, 0.717) is 0 Å². The van der Waals surface area contributed by atoms with E-state index in [1.54, 1.807) is 35.2 Å². The van der Waals surface area contributed by atoms with Gasteiger partial charge in [-0.2, -0.15) is 0 Å². The summed E-state index contributed by atoms with van der Waals surface area (Å²) in [6, 6.07) is 8.50. The molecular weight excluding hydrogens is 317 g/mol. The molecule has 0 bridgehead atoms. The largest absolute Gasteiger partial charge is 0.347 e. The summed E-state index contributed by atoms with van der Waals surface area (Å²) in [4.78, 5) is 0.224. The third-order valence-corrected chi connectivity index (χ3v) is 5.18. The van der Waals surface area contributed by atoms with Crippen molar-refractivity contribution in [1.82, 2.24) is 8.87 Å². The summed E-state index contributed by atoms with van der Waals surface area (Å²) in [6.07, 6.45) is 4.83. The molecule has 1 aromatic carbocycles. The van der Waals surface area contributed by atoms with E-state index in [2.05, 4.69) is 0 Å². The molecule has 23 heavy (non-hydrogen) atoms. The average molecular weight is 337 g/mol. The third kappa shape index (κ3) is 4.07. The van der Waals surface area contributed by atoms with Crippen molar-refractivity contribution in [2.24, 2.45) is 5.73 Å². The van der Waals surface area contributed by atoms with E-state index in [4.69, 9.17) is 5.73 Å². The molecule has 0 saturated heterocycles. The van der Waals surface area contributed by atoms with E-state index in [0.717, 1.165) is 11.1 Å². The number of benzene rings is 1. The number of aromatic nitrogens is 1. The molecule has 0 spiro atoms. The summed E-state index contributed by atoms with van der Waals surface area (Å²) in [5, 5.41) is 0. The van der Waals surface area contributed by atoms with Crippen LogP contribution in [0.3, 0.4) is 0 Å². The van der Waals surface area contributed by atoms with Gasteiger partial charge in [0, 0.05) is 33.0 Å². The molecule has 0 fully saturated rings. The number of halogens is 1. The van der Waals surface area contributed by atoms with Crippen molar-refractivity contribution in [3.8, 4) is 11.1 Å². The lowest BCUT2D eigenvalue weighted by Gasteiger charge is -2.12. The lowest BCUT2D eigenvalue weighted by molar-refractivity contribution is 0.521. The topological polar surface area (TPSA) is 68.3 Å². The van der Waals surface area contributed by atoms with Gasteiger partial charge in [-0.3, -0.25) is 0 Å². The van der Waals surface area contributed by atoms with Gasteiger partial charge in [0.25, 0.3) is 0 Å². The molecule has 1 heterocycles. The minimum absolute atomic E-state index is 0.104. The van der Waals surface area contributed by atoms with Gasteiger partial charge in [-0.25, -0.2) is 17.1 Å². The Morgan fingerprint density at radius 3 is 2.70 bits per heavy atom. The van der Waals surface area contributed by atoms with Gasteiger partial charge in [0.15, 0.2) is 0 Å². The molecule has 5 nitrogen and oxygen atoms in total. The zero-order chi connectivity index (χ0) is 17.0. The molecule has 7 heteroatoms. The van der Waals surface area contributed by atoms with E-state index in [1.165, 1.54) is 24.5 Å². The van der Waals surface area contributed by atoms with Crippen LogP contribution >= 0.6 is 0 Å². The van der Waals surface area contributed by atoms with Crippen molar-refractivity contribution in [2.75, 3.05) is 20.6 Å². The number of rotatable bonds is 6. The fraction of sp³-hybridized carbons (Fsp3) is 0.250. The summed E-state index contributed by atoms with van der Waals surface area (Å²) >= 11 is 0. The van der Waals surface area contributed by atoms with Gasteiger partial charge in [-0.05, 0) is 35.4 Å². The summed E-state index contributed by atoms with van der Waals surface area (Å²) in [5.74, 6) is -0.307. The van der Waals surface area contributed by atoms with Crippen molar-refractivity contribution >= 4 is 10.0 Å². The summed E-state index contributed by atoms with van der Waals surface area (Å²) in [6.45, 7) is 0.261. The second-order valence-corrected chi connectivity index (χ2v) is 7.43. The molecule has 0 unspecified atom stereocenters. The fourth-order valence-electron chi connectivity index (χ4n) is 2.12. The second-order valence-electron chi connectivity index (χ2n) is 5.27. The molecule has 124 valence electrons. The van der Waals surface area contributed by atoms with Gasteiger partial charge in [-0.15, -0.1) is 0 Å². The molecule has 1 aromatic heterocycles. The van der Waals surface area contributed by atoms with E-state index >= 15 is 0 Å². The van der Waals surface area contributed by atoms with Crippen LogP contribution in [0, 0.1) is 0 Å². The standard InChI is InChI=1S/C16H20FN3O2S/c1-19(2)23(21,22)16-5-3-4-13(10-16)14-7-9-20(11-14)12-15(17)6-8-18/h3-7,9-11H,8,12,18H2,1-2H3. The summed E-state index contributed by atoms with van der Waals surface area (Å²) in [7, 11) is -0.501. The van der Waals surface area contributed by atoms with Gasteiger partial charge in [0.05, 0.1) is 11.4 Å². The van der Waals surface area contributed by atoms with Crippen LogP contribution in [0.15, 0.2) is 59.5 Å². The van der Waals surface area contributed by atoms with Crippen LogP contribution in [0.2, 0.25) is 0 Å². The highest BCUT2D eigenvalue weighted by molar-refractivity contribution is 7.89. The highest BCUT2D eigenvalue weighted by Crippen LogP contribution is 2.24. The van der Waals surface area contributed by atoms with Gasteiger partial charge in [0.1, 0.15) is 5.83 Å². The van der Waals surface area contributed by atoms with Gasteiger partial charge < -0.3 is 10.3 Å². The molecule has 0 saturated carbocycles. The van der Waals surface area contributed by atoms with Crippen LogP contribution in [-0.2, 0) is 16.6 Å². The molecule has 2 aromatic rings. The van der Waals surface area contributed by atoms with Crippen molar-refractivity contribution in [1.29, 1.82) is 0 Å². The molecule has 0 aliphatic carbocycles. The number of allylic oxidation sites excluding steroid dienone is 1. The zero-order valence-corrected chi connectivity index (χ0v) is 13.9. The Morgan fingerprint density at radius 1 is 1.30 bits per heavy atom. The maximum atomic E-state index is 13.5. The predicted molar refractivity (Wildman–Crippen MR) is 89.0 cm³/mol. The smallest absolute Gasteiger partial charge is 0.242 e. The lowest BCUT2D eigenvalue weighted by Crippen LogP contribution is -2.22. The minimum Gasteiger partial charge on any atom is -0.347 e. The zero-order valence-electron chi connectivity index (χ0n) is 13.1. The number of hydrogen-bond acceptors (Lipinski definition) is 3. The molecule has 2 rings (SSSR count). The highest BCUT2D eigenvalue weighted by Gasteiger charge is 2.17. The Bertz CT molecular complexity index is 810. The van der Waals surface area contributed by atoms with Crippen molar-refractivity contribution in [2.45, 2.75) is 11.4 Å². The Hall–Kier alpha value is -1.96. The van der Waals surface area contributed by atoms with Crippen LogP contribution in [0.25, 0.3) is 11.1 Å². The van der Waals surface area contributed by atoms with Crippen LogP contribution in [0.5, 0.6) is 0 Å². The number of hydrogen-bond donors (Lipinski definition) is 1. The maximum Gasteiger partial charge on any atom is 0.242 e. The first-order valence-electron chi connectivity index (χ1n) is 7.08. The first-order chi connectivity index (χ1) is 10.8. The van der Waals surface area contributed by atoms with E-state index in [1.807, 2.05) is 12.1 Å². The SMILES string of the molecule is CN(C)S(=O)(=O)c1cccc(-c2ccn(CC(F)=CCN)c2)c1. The molecule has 0 atom stereocenters. The molecule has 0 amide bonds. The Balaban J connectivity index is 2.30. The van der Waals surface area contributed by atoms with Crippen LogP contribution in [0.1, 0.15) is 0 Å². The quantitative estimate of drug-likeness (QED) is 0.879. The number of nitrogens with two attached hydrogens (primary N) is 1. The predicted octanol–water partition coefficient (Wildman–Crippen LogP) is 2.22. The highest BCUT2D eigenvalue weighted by atomic mass is 32.2. The van der Waals surface area contributed by atoms with Crippen molar-refractivity contribution < 1.29 is 12.8 Å². The summed E-state index contributed by atoms with van der Waals surface area (Å²) < 4.78 is 40.7. The summed E-state index contributed by atoms with van der Waals surface area (Å²) in [5.41, 5.74) is 6.85. The molecule has 2 N–H and O–H groups in total. The molecular formula is C16H20FN3O2S. The molecule has 0 radical (unpaired) electrons. The fourth-order valence-corrected chi connectivity index (χ4v) is 3.07. The van der Waals surface area contributed by atoms with Crippen molar-refractivity contribution in [3.05, 3.63) is 54.6 Å². The van der Waals surface area contributed by atoms with Crippen molar-refractivity contribution in [3.63, 3.8) is 0 Å². The Labute approximate surface area is 135 Å². The monoisotopic (exact) mass is 337 g/mol. The van der Waals surface area contributed by atoms with Crippen LogP contribution < -0.4 is 5.73 Å². The van der Waals surface area contributed by atoms with Gasteiger partial charge in [-0.1, -0.05) is 12.1 Å². The van der Waals surface area contributed by atoms with E-state index in [-0.39, 0.29) is 23.8 Å². The third-order valence-electron chi connectivity index (χ3n) is 3.37. The maximum absolute atomic E-state index is 13.5. The minimum atomic E-state index is -3.48. The van der Waals surface area contributed by atoms with E-state index < -0.39 is 10.0 Å². The second kappa shape index (κ2) is 7.08. The molecule has 0 aliphatic heterocycles. The first-order valence-corrected chi connectivity index (χ1v) is 8.52. The van der Waals surface area contributed by atoms with Crippen LogP contribution in [-0.4, -0.2) is 37.9 Å². The number of sulfonamides is 1. The van der Waals surface area contributed by atoms with Gasteiger partial charge >= 0.3 is 0 Å².